The van der Waals surface area contributed by atoms with Crippen LogP contribution in [0.2, 0.25) is 0 Å². The zero-order chi connectivity index (χ0) is 14.2. The number of aryl methyl sites for hydroxylation is 1. The molecule has 0 atom stereocenters. The molecule has 1 fully saturated rings. The van der Waals surface area contributed by atoms with Crippen LogP contribution in [0.15, 0.2) is 16.9 Å². The van der Waals surface area contributed by atoms with E-state index in [0.717, 1.165) is 37.6 Å². The first kappa shape index (κ1) is 13.3. The summed E-state index contributed by atoms with van der Waals surface area (Å²) < 4.78 is 7.11. The third kappa shape index (κ3) is 2.34. The van der Waals surface area contributed by atoms with E-state index in [9.17, 15) is 0 Å². The average Bonchev–Trinajstić information content (AvgIpc) is 3.08. The molecule has 0 spiro atoms. The highest BCUT2D eigenvalue weighted by Crippen LogP contribution is 2.27. The van der Waals surface area contributed by atoms with Gasteiger partial charge in [0, 0.05) is 39.4 Å². The maximum absolute atomic E-state index is 5.38. The van der Waals surface area contributed by atoms with Crippen LogP contribution in [0, 0.1) is 0 Å². The van der Waals surface area contributed by atoms with Crippen molar-refractivity contribution in [3.63, 3.8) is 0 Å². The third-order valence-corrected chi connectivity index (χ3v) is 3.83. The summed E-state index contributed by atoms with van der Waals surface area (Å²) in [5.74, 6) is 1.24. The van der Waals surface area contributed by atoms with E-state index in [0.29, 0.717) is 5.89 Å². The molecule has 7 heteroatoms. The minimum absolute atomic E-state index is 0.230. The summed E-state index contributed by atoms with van der Waals surface area (Å²) in [6.45, 7) is 8.24. The molecule has 0 unspecified atom stereocenters. The molecule has 0 aromatic carbocycles. The van der Waals surface area contributed by atoms with E-state index < -0.39 is 0 Å². The number of rotatable bonds is 3. The van der Waals surface area contributed by atoms with Crippen molar-refractivity contribution in [2.45, 2.75) is 19.4 Å². The Balaban J connectivity index is 1.85. The van der Waals surface area contributed by atoms with Crippen LogP contribution in [0.1, 0.15) is 19.7 Å². The number of aromatic nitrogens is 4. The summed E-state index contributed by atoms with van der Waals surface area (Å²) in [5, 5.41) is 11.6. The van der Waals surface area contributed by atoms with Gasteiger partial charge in [0.1, 0.15) is 0 Å². The molecular weight excluding hydrogens is 256 g/mol. The summed E-state index contributed by atoms with van der Waals surface area (Å²) in [5.41, 5.74) is 0.619. The van der Waals surface area contributed by atoms with E-state index in [1.807, 2.05) is 13.2 Å². The molecule has 20 heavy (non-hydrogen) atoms. The number of hydrogen-bond acceptors (Lipinski definition) is 6. The fourth-order valence-corrected chi connectivity index (χ4v) is 2.49. The van der Waals surface area contributed by atoms with E-state index >= 15 is 0 Å². The first-order valence-corrected chi connectivity index (χ1v) is 6.86. The maximum atomic E-state index is 5.38. The van der Waals surface area contributed by atoms with Crippen LogP contribution in [-0.4, -0.2) is 51.0 Å². The fraction of sp³-hybridized carbons (Fsp3) is 0.615. The van der Waals surface area contributed by atoms with Gasteiger partial charge in [-0.05, 0) is 13.8 Å². The van der Waals surface area contributed by atoms with Gasteiger partial charge in [-0.3, -0.25) is 9.58 Å². The summed E-state index contributed by atoms with van der Waals surface area (Å²) in [6.07, 6.45) is 3.60. The van der Waals surface area contributed by atoms with Crippen molar-refractivity contribution < 1.29 is 4.52 Å². The van der Waals surface area contributed by atoms with E-state index in [1.54, 1.807) is 10.9 Å². The zero-order valence-electron chi connectivity index (χ0n) is 12.1. The smallest absolute Gasteiger partial charge is 0.261 e. The minimum atomic E-state index is -0.230. The van der Waals surface area contributed by atoms with Crippen molar-refractivity contribution in [1.82, 2.24) is 30.1 Å². The van der Waals surface area contributed by atoms with E-state index in [-0.39, 0.29) is 5.54 Å². The first-order valence-electron chi connectivity index (χ1n) is 6.86. The highest BCUT2D eigenvalue weighted by molar-refractivity contribution is 5.49. The predicted molar refractivity (Wildman–Crippen MR) is 74.0 cm³/mol. The Morgan fingerprint density at radius 1 is 1.30 bits per heavy atom. The van der Waals surface area contributed by atoms with Gasteiger partial charge < -0.3 is 9.84 Å². The molecule has 2 aromatic rings. The Bertz CT molecular complexity index is 581. The van der Waals surface area contributed by atoms with Crippen LogP contribution in [0.4, 0.5) is 0 Å². The molecule has 0 aliphatic carbocycles. The molecule has 1 N–H and O–H groups in total. The SMILES string of the molecule is Cn1cc(-c2nc(C(C)(C)N3CCNCC3)no2)cn1. The van der Waals surface area contributed by atoms with Crippen molar-refractivity contribution in [2.24, 2.45) is 7.05 Å². The third-order valence-electron chi connectivity index (χ3n) is 3.83. The van der Waals surface area contributed by atoms with Crippen LogP contribution in [0.3, 0.4) is 0 Å². The largest absolute Gasteiger partial charge is 0.334 e. The molecular formula is C13H20N6O. The fourth-order valence-electron chi connectivity index (χ4n) is 2.49. The standard InChI is InChI=1S/C13H20N6O/c1-13(2,19-6-4-14-5-7-19)12-16-11(20-17-12)10-8-15-18(3)9-10/h8-9,14H,4-7H2,1-3H3. The molecule has 1 aliphatic rings. The molecule has 0 saturated carbocycles. The molecule has 1 aliphatic heterocycles. The van der Waals surface area contributed by atoms with Gasteiger partial charge in [0.15, 0.2) is 5.82 Å². The van der Waals surface area contributed by atoms with Crippen molar-refractivity contribution in [3.8, 4) is 11.5 Å². The number of nitrogens with one attached hydrogen (secondary N) is 1. The summed E-state index contributed by atoms with van der Waals surface area (Å²) >= 11 is 0. The van der Waals surface area contributed by atoms with Crippen molar-refractivity contribution in [3.05, 3.63) is 18.2 Å². The molecule has 0 radical (unpaired) electrons. The lowest BCUT2D eigenvalue weighted by Gasteiger charge is -2.38. The lowest BCUT2D eigenvalue weighted by atomic mass is 10.0. The second kappa shape index (κ2) is 4.99. The molecule has 0 amide bonds. The van der Waals surface area contributed by atoms with Crippen LogP contribution in [0.25, 0.3) is 11.5 Å². The van der Waals surface area contributed by atoms with Gasteiger partial charge in [-0.1, -0.05) is 5.16 Å². The van der Waals surface area contributed by atoms with Gasteiger partial charge in [-0.15, -0.1) is 0 Å². The first-order chi connectivity index (χ1) is 9.57. The van der Waals surface area contributed by atoms with E-state index in [4.69, 9.17) is 4.52 Å². The Morgan fingerprint density at radius 3 is 2.70 bits per heavy atom. The summed E-state index contributed by atoms with van der Waals surface area (Å²) in [7, 11) is 1.87. The van der Waals surface area contributed by atoms with Crippen LogP contribution < -0.4 is 5.32 Å². The van der Waals surface area contributed by atoms with Gasteiger partial charge in [-0.25, -0.2) is 0 Å². The van der Waals surface area contributed by atoms with Crippen LogP contribution in [-0.2, 0) is 12.6 Å². The van der Waals surface area contributed by atoms with Crippen LogP contribution in [0.5, 0.6) is 0 Å². The lowest BCUT2D eigenvalue weighted by Crippen LogP contribution is -2.52. The molecule has 2 aromatic heterocycles. The van der Waals surface area contributed by atoms with Crippen LogP contribution >= 0.6 is 0 Å². The van der Waals surface area contributed by atoms with E-state index in [1.165, 1.54) is 0 Å². The van der Waals surface area contributed by atoms with Crippen molar-refractivity contribution in [1.29, 1.82) is 0 Å². The van der Waals surface area contributed by atoms with Gasteiger partial charge in [-0.2, -0.15) is 10.1 Å². The van der Waals surface area contributed by atoms with Gasteiger partial charge in [0.2, 0.25) is 0 Å². The molecule has 1 saturated heterocycles. The second-order valence-corrected chi connectivity index (χ2v) is 5.62. The number of piperazine rings is 1. The molecule has 7 nitrogen and oxygen atoms in total. The second-order valence-electron chi connectivity index (χ2n) is 5.62. The Kier molecular flexibility index (Phi) is 3.31. The normalized spacial score (nSPS) is 17.6. The highest BCUT2D eigenvalue weighted by atomic mass is 16.5. The quantitative estimate of drug-likeness (QED) is 0.885. The molecule has 3 rings (SSSR count). The molecule has 108 valence electrons. The topological polar surface area (TPSA) is 72.0 Å². The van der Waals surface area contributed by atoms with Gasteiger partial charge in [0.05, 0.1) is 17.3 Å². The highest BCUT2D eigenvalue weighted by Gasteiger charge is 2.34. The average molecular weight is 276 g/mol. The Morgan fingerprint density at radius 2 is 2.05 bits per heavy atom. The van der Waals surface area contributed by atoms with Crippen molar-refractivity contribution in [2.75, 3.05) is 26.2 Å². The minimum Gasteiger partial charge on any atom is -0.334 e. The number of nitrogens with zero attached hydrogens (tertiary/aromatic N) is 5. The monoisotopic (exact) mass is 276 g/mol. The summed E-state index contributed by atoms with van der Waals surface area (Å²) in [4.78, 5) is 6.92. The van der Waals surface area contributed by atoms with Gasteiger partial charge >= 0.3 is 0 Å². The zero-order valence-corrected chi connectivity index (χ0v) is 12.1. The maximum Gasteiger partial charge on any atom is 0.261 e. The summed E-state index contributed by atoms with van der Waals surface area (Å²) in [6, 6.07) is 0. The Hall–Kier alpha value is -1.73. The number of hydrogen-bond donors (Lipinski definition) is 1. The van der Waals surface area contributed by atoms with Crippen molar-refractivity contribution >= 4 is 0 Å². The van der Waals surface area contributed by atoms with E-state index in [2.05, 4.69) is 39.3 Å². The molecule has 3 heterocycles. The predicted octanol–water partition coefficient (Wildman–Crippen LogP) is 0.610. The molecule has 0 bridgehead atoms. The Labute approximate surface area is 118 Å². The van der Waals surface area contributed by atoms with Gasteiger partial charge in [0.25, 0.3) is 5.89 Å². The lowest BCUT2D eigenvalue weighted by molar-refractivity contribution is 0.0925.